The molecule has 0 spiro atoms. The van der Waals surface area contributed by atoms with E-state index >= 15 is 0 Å². The van der Waals surface area contributed by atoms with E-state index in [1.54, 1.807) is 24.3 Å². The average molecular weight is 408 g/mol. The maximum atomic E-state index is 14.4. The second-order valence-corrected chi connectivity index (χ2v) is 6.79. The van der Waals surface area contributed by atoms with E-state index in [4.69, 9.17) is 0 Å². The molecule has 1 aliphatic heterocycles. The molecule has 150 valence electrons. The van der Waals surface area contributed by atoms with Gasteiger partial charge in [0.05, 0.1) is 11.3 Å². The fourth-order valence-corrected chi connectivity index (χ4v) is 3.23. The molecule has 30 heavy (non-hydrogen) atoms. The van der Waals surface area contributed by atoms with E-state index in [1.165, 1.54) is 24.3 Å². The monoisotopic (exact) mass is 408 g/mol. The zero-order chi connectivity index (χ0) is 21.4. The van der Waals surface area contributed by atoms with Gasteiger partial charge < -0.3 is 5.32 Å². The Hall–Kier alpha value is -3.87. The molecule has 1 aliphatic rings. The van der Waals surface area contributed by atoms with Crippen molar-refractivity contribution in [3.8, 4) is 0 Å². The Morgan fingerprint density at radius 3 is 2.17 bits per heavy atom. The minimum absolute atomic E-state index is 0.00739. The summed E-state index contributed by atoms with van der Waals surface area (Å²) in [5.41, 5.74) is 1.13. The maximum Gasteiger partial charge on any atom is 0.282 e. The second kappa shape index (κ2) is 7.51. The van der Waals surface area contributed by atoms with E-state index < -0.39 is 29.3 Å². The zero-order valence-electron chi connectivity index (χ0n) is 15.7. The fraction of sp³-hybridized carbons (Fsp3) is 0.0435. The quantitative estimate of drug-likeness (QED) is 0.631. The molecule has 7 heteroatoms. The van der Waals surface area contributed by atoms with Crippen LogP contribution in [0.15, 0.2) is 72.4 Å². The first-order valence-corrected chi connectivity index (χ1v) is 9.03. The van der Waals surface area contributed by atoms with E-state index in [0.717, 1.165) is 17.7 Å². The van der Waals surface area contributed by atoms with Gasteiger partial charge in [0, 0.05) is 11.8 Å². The van der Waals surface area contributed by atoms with Crippen molar-refractivity contribution in [3.63, 3.8) is 0 Å². The number of hydrogen-bond acceptors (Lipinski definition) is 3. The van der Waals surface area contributed by atoms with Gasteiger partial charge in [-0.25, -0.2) is 18.1 Å². The third-order valence-electron chi connectivity index (χ3n) is 4.67. The molecule has 0 saturated heterocycles. The lowest BCUT2D eigenvalue weighted by Crippen LogP contribution is -2.33. The van der Waals surface area contributed by atoms with Crippen molar-refractivity contribution >= 4 is 28.8 Å². The van der Waals surface area contributed by atoms with Gasteiger partial charge in [-0.05, 0) is 42.8 Å². The molecule has 3 aromatic rings. The molecule has 1 heterocycles. The summed E-state index contributed by atoms with van der Waals surface area (Å²) < 4.78 is 41.3. The van der Waals surface area contributed by atoms with Crippen molar-refractivity contribution in [2.75, 3.05) is 10.2 Å². The van der Waals surface area contributed by atoms with Gasteiger partial charge >= 0.3 is 0 Å². The lowest BCUT2D eigenvalue weighted by molar-refractivity contribution is -0.120. The topological polar surface area (TPSA) is 49.4 Å². The van der Waals surface area contributed by atoms with Gasteiger partial charge in [0.25, 0.3) is 11.8 Å². The van der Waals surface area contributed by atoms with Crippen LogP contribution in [0.5, 0.6) is 0 Å². The SMILES string of the molecule is Cc1ccc(C2=C(Nc3cccc(F)c3)C(=O)N(c3ccc(F)cc3F)C2=O)cc1. The van der Waals surface area contributed by atoms with E-state index in [0.29, 0.717) is 16.5 Å². The van der Waals surface area contributed by atoms with Crippen LogP contribution in [0, 0.1) is 24.4 Å². The summed E-state index contributed by atoms with van der Waals surface area (Å²) in [7, 11) is 0. The third kappa shape index (κ3) is 3.45. The van der Waals surface area contributed by atoms with Gasteiger partial charge in [0.15, 0.2) is 0 Å². The van der Waals surface area contributed by atoms with Crippen LogP contribution in [-0.4, -0.2) is 11.8 Å². The molecule has 0 radical (unpaired) electrons. The Morgan fingerprint density at radius 2 is 1.50 bits per heavy atom. The molecule has 4 nitrogen and oxygen atoms in total. The number of halogens is 3. The number of benzene rings is 3. The number of rotatable bonds is 4. The molecule has 2 amide bonds. The predicted octanol–water partition coefficient (Wildman–Crippen LogP) is 4.81. The lowest BCUT2D eigenvalue weighted by atomic mass is 10.0. The number of amides is 2. The van der Waals surface area contributed by atoms with Gasteiger partial charge in [-0.15, -0.1) is 0 Å². The lowest BCUT2D eigenvalue weighted by Gasteiger charge is -2.16. The van der Waals surface area contributed by atoms with Crippen molar-refractivity contribution in [1.29, 1.82) is 0 Å². The number of aryl methyl sites for hydroxylation is 1. The van der Waals surface area contributed by atoms with Gasteiger partial charge in [-0.1, -0.05) is 35.9 Å². The molecule has 0 fully saturated rings. The summed E-state index contributed by atoms with van der Waals surface area (Å²) in [5.74, 6) is -4.01. The molecular weight excluding hydrogens is 393 g/mol. The minimum Gasteiger partial charge on any atom is -0.350 e. The molecule has 0 atom stereocenters. The van der Waals surface area contributed by atoms with Crippen LogP contribution in [0.1, 0.15) is 11.1 Å². The molecule has 0 aliphatic carbocycles. The largest absolute Gasteiger partial charge is 0.350 e. The number of nitrogens with zero attached hydrogens (tertiary/aromatic N) is 1. The van der Waals surface area contributed by atoms with E-state index in [1.807, 2.05) is 6.92 Å². The molecule has 4 rings (SSSR count). The summed E-state index contributed by atoms with van der Waals surface area (Å²) >= 11 is 0. The smallest absolute Gasteiger partial charge is 0.282 e. The fourth-order valence-electron chi connectivity index (χ4n) is 3.23. The van der Waals surface area contributed by atoms with E-state index in [2.05, 4.69) is 5.32 Å². The Morgan fingerprint density at radius 1 is 0.800 bits per heavy atom. The number of carbonyl (C=O) groups excluding carboxylic acids is 2. The maximum absolute atomic E-state index is 14.4. The van der Waals surface area contributed by atoms with Crippen molar-refractivity contribution in [3.05, 3.63) is 101 Å². The second-order valence-electron chi connectivity index (χ2n) is 6.79. The number of nitrogens with one attached hydrogen (secondary N) is 1. The van der Waals surface area contributed by atoms with Gasteiger partial charge in [-0.2, -0.15) is 0 Å². The molecule has 3 aromatic carbocycles. The summed E-state index contributed by atoms with van der Waals surface area (Å²) in [6.07, 6.45) is 0. The Balaban J connectivity index is 1.84. The standard InChI is InChI=1S/C23H15F3N2O2/c1-13-5-7-14(8-6-13)20-21(27-17-4-2-3-15(24)11-17)23(30)28(22(20)29)19-10-9-16(25)12-18(19)26/h2-12,27H,1H3. The Bertz CT molecular complexity index is 1200. The van der Waals surface area contributed by atoms with Crippen LogP contribution < -0.4 is 10.2 Å². The van der Waals surface area contributed by atoms with Crippen molar-refractivity contribution in [2.45, 2.75) is 6.92 Å². The highest BCUT2D eigenvalue weighted by molar-refractivity contribution is 6.46. The van der Waals surface area contributed by atoms with Gasteiger partial charge in [-0.3, -0.25) is 9.59 Å². The van der Waals surface area contributed by atoms with Crippen LogP contribution >= 0.6 is 0 Å². The number of hydrogen-bond donors (Lipinski definition) is 1. The van der Waals surface area contributed by atoms with Crippen LogP contribution in [0.2, 0.25) is 0 Å². The number of anilines is 2. The first-order chi connectivity index (χ1) is 14.3. The molecule has 0 aromatic heterocycles. The molecular formula is C23H15F3N2O2. The van der Waals surface area contributed by atoms with Crippen molar-refractivity contribution in [2.24, 2.45) is 0 Å². The van der Waals surface area contributed by atoms with Crippen LogP contribution in [-0.2, 0) is 9.59 Å². The predicted molar refractivity (Wildman–Crippen MR) is 107 cm³/mol. The number of imide groups is 1. The number of carbonyl (C=O) groups is 2. The highest BCUT2D eigenvalue weighted by Gasteiger charge is 2.41. The third-order valence-corrected chi connectivity index (χ3v) is 4.67. The van der Waals surface area contributed by atoms with Crippen molar-refractivity contribution in [1.82, 2.24) is 0 Å². The van der Waals surface area contributed by atoms with Gasteiger partial charge in [0.1, 0.15) is 23.1 Å². The molecule has 0 bridgehead atoms. The van der Waals surface area contributed by atoms with E-state index in [-0.39, 0.29) is 22.6 Å². The normalized spacial score (nSPS) is 13.9. The van der Waals surface area contributed by atoms with Crippen LogP contribution in [0.4, 0.5) is 24.5 Å². The molecule has 0 saturated carbocycles. The van der Waals surface area contributed by atoms with Crippen LogP contribution in [0.3, 0.4) is 0 Å². The summed E-state index contributed by atoms with van der Waals surface area (Å²) in [4.78, 5) is 26.9. The van der Waals surface area contributed by atoms with Crippen LogP contribution in [0.25, 0.3) is 5.57 Å². The first kappa shape index (κ1) is 19.4. The summed E-state index contributed by atoms with van der Waals surface area (Å²) in [5, 5.41) is 2.79. The average Bonchev–Trinajstić information content (AvgIpc) is 2.93. The highest BCUT2D eigenvalue weighted by atomic mass is 19.1. The van der Waals surface area contributed by atoms with E-state index in [9.17, 15) is 22.8 Å². The summed E-state index contributed by atoms with van der Waals surface area (Å²) in [6, 6.07) is 14.8. The summed E-state index contributed by atoms with van der Waals surface area (Å²) in [6.45, 7) is 1.87. The molecule has 1 N–H and O–H groups in total. The first-order valence-electron chi connectivity index (χ1n) is 9.03. The highest BCUT2D eigenvalue weighted by Crippen LogP contribution is 2.35. The Kier molecular flexibility index (Phi) is 4.87. The zero-order valence-corrected chi connectivity index (χ0v) is 15.7. The molecule has 0 unspecified atom stereocenters. The minimum atomic E-state index is -1.05. The Labute approximate surface area is 170 Å². The van der Waals surface area contributed by atoms with Crippen molar-refractivity contribution < 1.29 is 22.8 Å². The van der Waals surface area contributed by atoms with Gasteiger partial charge in [0.2, 0.25) is 0 Å².